The van der Waals surface area contributed by atoms with Gasteiger partial charge in [0.05, 0.1) is 17.6 Å². The van der Waals surface area contributed by atoms with E-state index < -0.39 is 0 Å². The Labute approximate surface area is 155 Å². The number of anilines is 1. The first kappa shape index (κ1) is 17.3. The van der Waals surface area contributed by atoms with Gasteiger partial charge in [-0.05, 0) is 57.2 Å². The number of aromatic nitrogens is 1. The van der Waals surface area contributed by atoms with Crippen molar-refractivity contribution in [1.29, 1.82) is 5.26 Å². The number of hydrogen-bond acceptors (Lipinski definition) is 5. The summed E-state index contributed by atoms with van der Waals surface area (Å²) >= 11 is 0. The fourth-order valence-electron chi connectivity index (χ4n) is 4.22. The molecule has 3 heterocycles. The summed E-state index contributed by atoms with van der Waals surface area (Å²) in [5, 5.41) is 12.2. The van der Waals surface area contributed by atoms with Crippen LogP contribution >= 0.6 is 0 Å². The van der Waals surface area contributed by atoms with Crippen LogP contribution < -0.4 is 10.2 Å². The number of carbonyl (C=O) groups excluding carboxylic acids is 1. The largest absolute Gasteiger partial charge is 0.356 e. The van der Waals surface area contributed by atoms with Crippen molar-refractivity contribution in [1.82, 2.24) is 15.2 Å². The van der Waals surface area contributed by atoms with Gasteiger partial charge in [0, 0.05) is 37.9 Å². The molecule has 2 saturated heterocycles. The Morgan fingerprint density at radius 1 is 1.19 bits per heavy atom. The van der Waals surface area contributed by atoms with Gasteiger partial charge in [-0.15, -0.1) is 0 Å². The number of pyridine rings is 1. The van der Waals surface area contributed by atoms with Gasteiger partial charge in [-0.3, -0.25) is 9.69 Å². The van der Waals surface area contributed by atoms with E-state index in [4.69, 9.17) is 5.26 Å². The third kappa shape index (κ3) is 3.99. The van der Waals surface area contributed by atoms with Gasteiger partial charge in [0.25, 0.3) is 0 Å². The third-order valence-corrected chi connectivity index (χ3v) is 5.93. The van der Waals surface area contributed by atoms with Crippen molar-refractivity contribution in [2.45, 2.75) is 50.6 Å². The molecule has 1 atom stereocenters. The molecule has 6 heteroatoms. The van der Waals surface area contributed by atoms with Crippen molar-refractivity contribution >= 4 is 11.7 Å². The van der Waals surface area contributed by atoms with Crippen LogP contribution in [0, 0.1) is 17.2 Å². The molecular formula is C20H27N5O. The second kappa shape index (κ2) is 7.63. The van der Waals surface area contributed by atoms with Gasteiger partial charge < -0.3 is 10.2 Å². The zero-order valence-electron chi connectivity index (χ0n) is 15.2. The topological polar surface area (TPSA) is 72.3 Å². The summed E-state index contributed by atoms with van der Waals surface area (Å²) < 4.78 is 0. The van der Waals surface area contributed by atoms with Gasteiger partial charge in [0.15, 0.2) is 0 Å². The maximum absolute atomic E-state index is 12.4. The third-order valence-electron chi connectivity index (χ3n) is 5.93. The molecule has 1 aromatic rings. The van der Waals surface area contributed by atoms with Crippen LogP contribution in [0.4, 0.5) is 5.82 Å². The highest BCUT2D eigenvalue weighted by molar-refractivity contribution is 5.79. The number of rotatable bonds is 4. The van der Waals surface area contributed by atoms with E-state index >= 15 is 0 Å². The van der Waals surface area contributed by atoms with Crippen LogP contribution in [0.5, 0.6) is 0 Å². The molecule has 2 aliphatic heterocycles. The predicted octanol–water partition coefficient (Wildman–Crippen LogP) is 1.91. The van der Waals surface area contributed by atoms with E-state index in [1.54, 1.807) is 12.3 Å². The van der Waals surface area contributed by atoms with E-state index in [1.807, 2.05) is 6.07 Å². The maximum Gasteiger partial charge on any atom is 0.224 e. The van der Waals surface area contributed by atoms with Crippen LogP contribution in [-0.4, -0.2) is 54.1 Å². The molecule has 3 aliphatic rings. The molecule has 0 radical (unpaired) electrons. The first-order valence-corrected chi connectivity index (χ1v) is 9.88. The van der Waals surface area contributed by atoms with Crippen molar-refractivity contribution in [3.8, 4) is 6.07 Å². The molecular weight excluding hydrogens is 326 g/mol. The highest BCUT2D eigenvalue weighted by Gasteiger charge is 2.33. The number of hydrogen-bond donors (Lipinski definition) is 1. The molecule has 1 amide bonds. The Hall–Kier alpha value is -2.13. The smallest absolute Gasteiger partial charge is 0.224 e. The zero-order valence-corrected chi connectivity index (χ0v) is 15.2. The Morgan fingerprint density at radius 3 is 2.73 bits per heavy atom. The van der Waals surface area contributed by atoms with Crippen LogP contribution in [0.3, 0.4) is 0 Å². The Kier molecular flexibility index (Phi) is 5.07. The zero-order chi connectivity index (χ0) is 17.9. The van der Waals surface area contributed by atoms with Gasteiger partial charge in [-0.2, -0.15) is 5.26 Å². The monoisotopic (exact) mass is 353 g/mol. The van der Waals surface area contributed by atoms with Crippen molar-refractivity contribution in [3.63, 3.8) is 0 Å². The number of nitriles is 1. The van der Waals surface area contributed by atoms with E-state index in [0.29, 0.717) is 17.6 Å². The minimum atomic E-state index is 0.163. The van der Waals surface area contributed by atoms with Crippen LogP contribution in [-0.2, 0) is 4.79 Å². The Bertz CT molecular complexity index is 688. The average Bonchev–Trinajstić information content (AvgIpc) is 3.52. The first-order valence-electron chi connectivity index (χ1n) is 9.88. The summed E-state index contributed by atoms with van der Waals surface area (Å²) in [5.74, 6) is 1.34. The average molecular weight is 353 g/mol. The standard InChI is InChI=1S/C20H27N5O/c21-13-15-5-8-22-19(12-15)24-10-6-18(7-11-24)25-9-1-2-16(14-25)20(26)23-17-3-4-17/h5,8,12,16-18H,1-4,6-7,9-11,14H2,(H,23,26)/t16-/m1/s1. The molecule has 0 spiro atoms. The predicted molar refractivity (Wildman–Crippen MR) is 99.6 cm³/mol. The highest BCUT2D eigenvalue weighted by Crippen LogP contribution is 2.27. The van der Waals surface area contributed by atoms with Gasteiger partial charge in [-0.25, -0.2) is 4.98 Å². The normalized spacial score (nSPS) is 24.9. The van der Waals surface area contributed by atoms with Gasteiger partial charge >= 0.3 is 0 Å². The summed E-state index contributed by atoms with van der Waals surface area (Å²) in [4.78, 5) is 21.6. The van der Waals surface area contributed by atoms with E-state index in [1.165, 1.54) is 0 Å². The van der Waals surface area contributed by atoms with Crippen molar-refractivity contribution < 1.29 is 4.79 Å². The molecule has 1 saturated carbocycles. The lowest BCUT2D eigenvalue weighted by Crippen LogP contribution is -2.51. The number of nitrogens with one attached hydrogen (secondary N) is 1. The molecule has 1 aliphatic carbocycles. The number of nitrogens with zero attached hydrogens (tertiary/aromatic N) is 4. The molecule has 0 aromatic carbocycles. The first-order chi connectivity index (χ1) is 12.7. The molecule has 0 unspecified atom stereocenters. The van der Waals surface area contributed by atoms with Crippen molar-refractivity contribution in [2.75, 3.05) is 31.1 Å². The van der Waals surface area contributed by atoms with E-state index in [0.717, 1.165) is 70.5 Å². The van der Waals surface area contributed by atoms with Crippen LogP contribution in [0.2, 0.25) is 0 Å². The number of likely N-dealkylation sites (tertiary alicyclic amines) is 1. The van der Waals surface area contributed by atoms with E-state index in [2.05, 4.69) is 26.2 Å². The molecule has 0 bridgehead atoms. The number of piperidine rings is 2. The van der Waals surface area contributed by atoms with Crippen molar-refractivity contribution in [2.24, 2.45) is 5.92 Å². The number of carbonyl (C=O) groups is 1. The molecule has 1 aromatic heterocycles. The quantitative estimate of drug-likeness (QED) is 0.895. The fraction of sp³-hybridized carbons (Fsp3) is 0.650. The summed E-state index contributed by atoms with van der Waals surface area (Å²) in [6, 6.07) is 6.82. The lowest BCUT2D eigenvalue weighted by Gasteiger charge is -2.42. The second-order valence-electron chi connectivity index (χ2n) is 7.85. The number of amides is 1. The summed E-state index contributed by atoms with van der Waals surface area (Å²) in [5.41, 5.74) is 0.665. The lowest BCUT2D eigenvalue weighted by molar-refractivity contribution is -0.127. The second-order valence-corrected chi connectivity index (χ2v) is 7.85. The Balaban J connectivity index is 1.31. The lowest BCUT2D eigenvalue weighted by atomic mass is 9.93. The van der Waals surface area contributed by atoms with Crippen LogP contribution in [0.1, 0.15) is 44.1 Å². The van der Waals surface area contributed by atoms with Gasteiger partial charge in [0.2, 0.25) is 5.91 Å². The minimum absolute atomic E-state index is 0.163. The molecule has 1 N–H and O–H groups in total. The van der Waals surface area contributed by atoms with Crippen molar-refractivity contribution in [3.05, 3.63) is 23.9 Å². The minimum Gasteiger partial charge on any atom is -0.356 e. The molecule has 4 rings (SSSR count). The van der Waals surface area contributed by atoms with Gasteiger partial charge in [0.1, 0.15) is 5.82 Å². The Morgan fingerprint density at radius 2 is 2.00 bits per heavy atom. The fourth-order valence-corrected chi connectivity index (χ4v) is 4.22. The highest BCUT2D eigenvalue weighted by atomic mass is 16.2. The van der Waals surface area contributed by atoms with Crippen LogP contribution in [0.25, 0.3) is 0 Å². The molecule has 3 fully saturated rings. The van der Waals surface area contributed by atoms with Crippen LogP contribution in [0.15, 0.2) is 18.3 Å². The molecule has 6 nitrogen and oxygen atoms in total. The summed E-state index contributed by atoms with van der Waals surface area (Å²) in [6.45, 7) is 3.94. The SMILES string of the molecule is N#Cc1ccnc(N2CCC(N3CCC[C@@H](C(=O)NC4CC4)C3)CC2)c1. The summed E-state index contributed by atoms with van der Waals surface area (Å²) in [6.07, 6.45) is 8.36. The maximum atomic E-state index is 12.4. The van der Waals surface area contributed by atoms with Gasteiger partial charge in [-0.1, -0.05) is 0 Å². The van der Waals surface area contributed by atoms with E-state index in [9.17, 15) is 4.79 Å². The molecule has 26 heavy (non-hydrogen) atoms. The van der Waals surface area contributed by atoms with E-state index in [-0.39, 0.29) is 11.8 Å². The summed E-state index contributed by atoms with van der Waals surface area (Å²) in [7, 11) is 0. The molecule has 138 valence electrons.